The summed E-state index contributed by atoms with van der Waals surface area (Å²) in [4.78, 5) is 11.8. The molecule has 0 spiro atoms. The molecule has 2 unspecified atom stereocenters. The summed E-state index contributed by atoms with van der Waals surface area (Å²) in [6.45, 7) is 4.32. The lowest BCUT2D eigenvalue weighted by Crippen LogP contribution is -2.38. The van der Waals surface area contributed by atoms with E-state index in [-0.39, 0.29) is 10.8 Å². The number of carbonyl (C=O) groups excluding carboxylic acids is 1. The fourth-order valence-corrected chi connectivity index (χ4v) is 4.09. The quantitative estimate of drug-likeness (QED) is 0.640. The third-order valence-corrected chi connectivity index (χ3v) is 5.06. The molecule has 2 rings (SSSR count). The van der Waals surface area contributed by atoms with Crippen LogP contribution in [0.1, 0.15) is 33.1 Å². The fraction of sp³-hybridized carbons (Fsp3) is 0.900. The van der Waals surface area contributed by atoms with E-state index < -0.39 is 0 Å². The normalized spacial score (nSPS) is 41.5. The summed E-state index contributed by atoms with van der Waals surface area (Å²) < 4.78 is 10.7. The number of carbonyl (C=O) groups is 1. The van der Waals surface area contributed by atoms with Crippen molar-refractivity contribution in [3.63, 3.8) is 0 Å². The van der Waals surface area contributed by atoms with E-state index in [9.17, 15) is 9.35 Å². The average molecular weight is 199 g/mol. The Kier molecular flexibility index (Phi) is 2.01. The molecule has 2 nitrogen and oxygen atoms in total. The first-order valence-corrected chi connectivity index (χ1v) is 5.74. The number of Topliss-reactive ketones (excluding diaryl/α,β-unsaturated/α-hetero) is 1. The second-order valence-corrected chi connectivity index (χ2v) is 5.45. The molecule has 2 fully saturated rings. The summed E-state index contributed by atoms with van der Waals surface area (Å²) in [5.41, 5.74) is -0.203. The first-order chi connectivity index (χ1) is 6.04. The molecule has 2 atom stereocenters. The molecule has 0 saturated heterocycles. The van der Waals surface area contributed by atoms with Gasteiger partial charge in [0.15, 0.2) is 0 Å². The Morgan fingerprint density at radius 1 is 1.62 bits per heavy atom. The monoisotopic (exact) mass is 199 g/mol. The molecule has 0 aliphatic heterocycles. The lowest BCUT2D eigenvalue weighted by Gasteiger charge is -2.37. The maximum Gasteiger partial charge on any atom is 0.140 e. The van der Waals surface area contributed by atoms with E-state index in [1.165, 1.54) is 0 Å². The minimum atomic E-state index is -0.274. The van der Waals surface area contributed by atoms with Crippen LogP contribution in [0.15, 0.2) is 0 Å². The summed E-state index contributed by atoms with van der Waals surface area (Å²) >= 11 is 0.584. The van der Waals surface area contributed by atoms with E-state index in [1.807, 2.05) is 0 Å². The van der Waals surface area contributed by atoms with Gasteiger partial charge < -0.3 is 4.55 Å². The van der Waals surface area contributed by atoms with Gasteiger partial charge in [0.1, 0.15) is 5.78 Å². The maximum atomic E-state index is 11.8. The molecule has 13 heavy (non-hydrogen) atoms. The molecule has 2 aliphatic carbocycles. The van der Waals surface area contributed by atoms with E-state index >= 15 is 0 Å². The van der Waals surface area contributed by atoms with Crippen LogP contribution in [0.2, 0.25) is 0 Å². The van der Waals surface area contributed by atoms with Gasteiger partial charge in [-0.15, -0.1) is 0 Å². The molecule has 2 aliphatic rings. The molecule has 2 saturated carbocycles. The summed E-state index contributed by atoms with van der Waals surface area (Å²) in [7, 11) is 0. The molecule has 3 heteroatoms. The van der Waals surface area contributed by atoms with Gasteiger partial charge >= 0.3 is 0 Å². The highest BCUT2D eigenvalue weighted by Crippen LogP contribution is 2.64. The molecule has 0 aromatic rings. The van der Waals surface area contributed by atoms with Crippen LogP contribution in [-0.4, -0.2) is 16.1 Å². The van der Waals surface area contributed by atoms with Gasteiger partial charge in [-0.1, -0.05) is 13.8 Å². The van der Waals surface area contributed by atoms with Crippen LogP contribution in [0.5, 0.6) is 0 Å². The smallest absolute Gasteiger partial charge is 0.140 e. The van der Waals surface area contributed by atoms with E-state index in [1.54, 1.807) is 0 Å². The minimum Gasteiger partial charge on any atom is -0.799 e. The number of ketones is 1. The molecule has 0 N–H and O–H groups in total. The second-order valence-electron chi connectivity index (χ2n) is 4.93. The van der Waals surface area contributed by atoms with Crippen LogP contribution in [0, 0.1) is 16.7 Å². The van der Waals surface area contributed by atoms with Crippen molar-refractivity contribution in [3.8, 4) is 0 Å². The van der Waals surface area contributed by atoms with E-state index in [4.69, 9.17) is 0 Å². The van der Waals surface area contributed by atoms with Crippen LogP contribution in [0.25, 0.3) is 0 Å². The van der Waals surface area contributed by atoms with Crippen LogP contribution in [0.3, 0.4) is 0 Å². The predicted octanol–water partition coefficient (Wildman–Crippen LogP) is 2.25. The summed E-state index contributed by atoms with van der Waals surface area (Å²) in [5, 5.41) is 0. The molecule has 0 aromatic carbocycles. The maximum absolute atomic E-state index is 11.8. The Labute approximate surface area is 83.3 Å². The molecule has 74 valence electrons. The topological polar surface area (TPSA) is 40.1 Å². The Morgan fingerprint density at radius 3 is 2.69 bits per heavy atom. The number of hydrogen-bond acceptors (Lipinski definition) is 3. The molecular weight excluding hydrogens is 184 g/mol. The highest BCUT2D eigenvalue weighted by Gasteiger charge is 2.63. The fourth-order valence-electron chi connectivity index (χ4n) is 3.21. The Morgan fingerprint density at radius 2 is 2.31 bits per heavy atom. The molecule has 0 heterocycles. The van der Waals surface area contributed by atoms with E-state index in [0.717, 1.165) is 12.8 Å². The number of hydrogen-bond donors (Lipinski definition) is 0. The summed E-state index contributed by atoms with van der Waals surface area (Å²) in [6, 6.07) is 0. The van der Waals surface area contributed by atoms with Gasteiger partial charge in [-0.2, -0.15) is 0 Å². The first kappa shape index (κ1) is 9.53. The van der Waals surface area contributed by atoms with Crippen LogP contribution < -0.4 is 0 Å². The predicted molar refractivity (Wildman–Crippen MR) is 51.8 cm³/mol. The zero-order valence-electron chi connectivity index (χ0n) is 8.13. The molecular formula is C10H15O2S-. The third kappa shape index (κ3) is 0.975. The van der Waals surface area contributed by atoms with Crippen molar-refractivity contribution in [3.05, 3.63) is 0 Å². The van der Waals surface area contributed by atoms with Crippen LogP contribution in [0.4, 0.5) is 0 Å². The van der Waals surface area contributed by atoms with Crippen molar-refractivity contribution in [2.24, 2.45) is 16.7 Å². The van der Waals surface area contributed by atoms with Crippen molar-refractivity contribution >= 4 is 17.8 Å². The van der Waals surface area contributed by atoms with Crippen LogP contribution in [-0.2, 0) is 4.79 Å². The number of rotatable bonds is 2. The summed E-state index contributed by atoms with van der Waals surface area (Å²) in [5.74, 6) is 1.36. The molecule has 2 bridgehead atoms. The van der Waals surface area contributed by atoms with Crippen molar-refractivity contribution in [2.45, 2.75) is 33.1 Å². The van der Waals surface area contributed by atoms with Crippen molar-refractivity contribution in [1.82, 2.24) is 0 Å². The van der Waals surface area contributed by atoms with E-state index in [0.29, 0.717) is 35.9 Å². The van der Waals surface area contributed by atoms with Gasteiger partial charge in [0, 0.05) is 11.8 Å². The van der Waals surface area contributed by atoms with Gasteiger partial charge in [-0.05, 0) is 29.9 Å². The minimum absolute atomic E-state index is 0.0709. The molecule has 0 aromatic heterocycles. The van der Waals surface area contributed by atoms with Gasteiger partial charge in [-0.3, -0.25) is 16.8 Å². The first-order valence-electron chi connectivity index (χ1n) is 4.83. The van der Waals surface area contributed by atoms with Gasteiger partial charge in [0.2, 0.25) is 0 Å². The third-order valence-electron chi connectivity index (χ3n) is 4.44. The number of fused-ring (bicyclic) bond motifs is 2. The van der Waals surface area contributed by atoms with Crippen molar-refractivity contribution in [2.75, 3.05) is 5.75 Å². The van der Waals surface area contributed by atoms with Crippen molar-refractivity contribution < 1.29 is 9.35 Å². The average Bonchev–Trinajstić information content (AvgIpc) is 2.38. The lowest BCUT2D eigenvalue weighted by molar-refractivity contribution is -0.127. The van der Waals surface area contributed by atoms with Crippen molar-refractivity contribution in [1.29, 1.82) is 0 Å². The van der Waals surface area contributed by atoms with Gasteiger partial charge in [0.25, 0.3) is 0 Å². The zero-order chi connectivity index (χ0) is 9.69. The zero-order valence-corrected chi connectivity index (χ0v) is 8.95. The SMILES string of the molecule is CC1(C)C2CCC1(CS[O-])C(=O)C2. The second kappa shape index (κ2) is 2.74. The highest BCUT2D eigenvalue weighted by molar-refractivity contribution is 7.93. The molecule has 0 amide bonds. The Hall–Kier alpha value is -0.0200. The van der Waals surface area contributed by atoms with Gasteiger partial charge in [-0.25, -0.2) is 0 Å². The lowest BCUT2D eigenvalue weighted by atomic mass is 9.70. The van der Waals surface area contributed by atoms with E-state index in [2.05, 4.69) is 13.8 Å². The highest BCUT2D eigenvalue weighted by atomic mass is 32.2. The standard InChI is InChI=1S/C10H16O2S/c1-9(2)7-3-4-10(9,6-13-12)8(11)5-7/h7,12H,3-6H2,1-2H3/p-1. The molecule has 0 radical (unpaired) electrons. The Balaban J connectivity index is 2.37. The van der Waals surface area contributed by atoms with Gasteiger partial charge in [0.05, 0.1) is 0 Å². The Bertz CT molecular complexity index is 249. The summed E-state index contributed by atoms with van der Waals surface area (Å²) in [6.07, 6.45) is 2.80. The van der Waals surface area contributed by atoms with Crippen LogP contribution >= 0.6 is 12.0 Å². The largest absolute Gasteiger partial charge is 0.799 e.